The maximum absolute atomic E-state index is 12.5. The third-order valence-corrected chi connectivity index (χ3v) is 4.25. The third kappa shape index (κ3) is 4.47. The summed E-state index contributed by atoms with van der Waals surface area (Å²) >= 11 is 0. The first-order chi connectivity index (χ1) is 10.6. The Bertz CT molecular complexity index is 676. The van der Waals surface area contributed by atoms with E-state index in [9.17, 15) is 4.79 Å². The summed E-state index contributed by atoms with van der Waals surface area (Å²) in [5.74, 6) is 0.190. The van der Waals surface area contributed by atoms with E-state index in [1.807, 2.05) is 38.5 Å². The Kier molecular flexibility index (Phi) is 7.66. The summed E-state index contributed by atoms with van der Waals surface area (Å²) in [6.07, 6.45) is 5.59. The summed E-state index contributed by atoms with van der Waals surface area (Å²) in [4.78, 5) is 16.8. The Labute approximate surface area is 154 Å². The fourth-order valence-corrected chi connectivity index (χ4v) is 2.94. The van der Waals surface area contributed by atoms with Crippen LogP contribution in [0.1, 0.15) is 22.7 Å². The van der Waals surface area contributed by atoms with E-state index in [2.05, 4.69) is 20.7 Å². The Morgan fingerprint density at radius 2 is 2.21 bits per heavy atom. The van der Waals surface area contributed by atoms with Crippen LogP contribution in [0.25, 0.3) is 0 Å². The van der Waals surface area contributed by atoms with Gasteiger partial charge in [-0.3, -0.25) is 14.5 Å². The molecule has 2 aromatic rings. The average Bonchev–Trinajstić information content (AvgIpc) is 3.14. The van der Waals surface area contributed by atoms with Crippen LogP contribution in [0.3, 0.4) is 0 Å². The van der Waals surface area contributed by atoms with Gasteiger partial charge >= 0.3 is 0 Å². The molecule has 0 unspecified atom stereocenters. The number of aromatic nitrogens is 3. The van der Waals surface area contributed by atoms with Gasteiger partial charge in [0.1, 0.15) is 0 Å². The Morgan fingerprint density at radius 1 is 1.42 bits per heavy atom. The maximum atomic E-state index is 12.5. The van der Waals surface area contributed by atoms with E-state index in [0.29, 0.717) is 13.1 Å². The molecule has 24 heavy (non-hydrogen) atoms. The van der Waals surface area contributed by atoms with Crippen molar-refractivity contribution in [2.24, 2.45) is 13.0 Å². The van der Waals surface area contributed by atoms with E-state index in [1.165, 1.54) is 0 Å². The molecule has 132 valence electrons. The lowest BCUT2D eigenvalue weighted by Crippen LogP contribution is -2.34. The van der Waals surface area contributed by atoms with Crippen molar-refractivity contribution in [3.05, 3.63) is 47.5 Å². The van der Waals surface area contributed by atoms with Gasteiger partial charge in [-0.15, -0.1) is 24.8 Å². The molecule has 0 aliphatic carbocycles. The van der Waals surface area contributed by atoms with Crippen LogP contribution in [0.5, 0.6) is 0 Å². The topological polar surface area (TPSA) is 71.8 Å². The molecule has 6 nitrogen and oxygen atoms in total. The number of amides is 1. The third-order valence-electron chi connectivity index (χ3n) is 4.25. The van der Waals surface area contributed by atoms with Crippen molar-refractivity contribution in [3.63, 3.8) is 0 Å². The van der Waals surface area contributed by atoms with E-state index < -0.39 is 0 Å². The second-order valence-corrected chi connectivity index (χ2v) is 5.80. The molecule has 3 heterocycles. The highest BCUT2D eigenvalue weighted by atomic mass is 35.5. The lowest BCUT2D eigenvalue weighted by Gasteiger charge is -2.17. The number of carbonyl (C=O) groups excluding carboxylic acids is 1. The van der Waals surface area contributed by atoms with Crippen molar-refractivity contribution in [3.8, 4) is 0 Å². The highest BCUT2D eigenvalue weighted by molar-refractivity contribution is 5.85. The molecule has 3 rings (SSSR count). The van der Waals surface area contributed by atoms with Gasteiger partial charge in [0.15, 0.2) is 0 Å². The first-order valence-corrected chi connectivity index (χ1v) is 7.52. The van der Waals surface area contributed by atoms with Crippen molar-refractivity contribution in [2.75, 3.05) is 13.1 Å². The van der Waals surface area contributed by atoms with Crippen molar-refractivity contribution in [1.82, 2.24) is 25.4 Å². The van der Waals surface area contributed by atoms with Crippen LogP contribution in [0.2, 0.25) is 0 Å². The molecule has 1 saturated heterocycles. The number of aryl methyl sites for hydroxylation is 2. The monoisotopic (exact) mass is 371 g/mol. The number of nitrogens with zero attached hydrogens (tertiary/aromatic N) is 3. The molecule has 2 N–H and O–H groups in total. The summed E-state index contributed by atoms with van der Waals surface area (Å²) in [6.45, 7) is 3.99. The molecule has 0 bridgehead atoms. The van der Waals surface area contributed by atoms with Gasteiger partial charge in [-0.05, 0) is 24.1 Å². The average molecular weight is 372 g/mol. The van der Waals surface area contributed by atoms with Crippen LogP contribution in [0, 0.1) is 12.8 Å². The molecule has 2 atom stereocenters. The van der Waals surface area contributed by atoms with Crippen LogP contribution in [0.15, 0.2) is 30.7 Å². The predicted molar refractivity (Wildman–Crippen MR) is 97.6 cm³/mol. The molecule has 8 heteroatoms. The molecule has 1 aliphatic rings. The van der Waals surface area contributed by atoms with Crippen molar-refractivity contribution < 1.29 is 4.79 Å². The molecule has 0 radical (unpaired) electrons. The second-order valence-electron chi connectivity index (χ2n) is 5.80. The van der Waals surface area contributed by atoms with E-state index in [4.69, 9.17) is 0 Å². The summed E-state index contributed by atoms with van der Waals surface area (Å²) in [7, 11) is 1.89. The number of hydrogen-bond donors (Lipinski definition) is 2. The number of carbonyl (C=O) groups is 1. The molecule has 1 amide bonds. The SMILES string of the molecule is Cc1cccnc1CNC(=O)[C@H]1CNC[C@@H]1c1cnn(C)c1.Cl.Cl. The van der Waals surface area contributed by atoms with Gasteiger partial charge in [0, 0.05) is 38.4 Å². The summed E-state index contributed by atoms with van der Waals surface area (Å²) in [6, 6.07) is 3.91. The normalized spacial score (nSPS) is 19.2. The zero-order chi connectivity index (χ0) is 15.5. The fraction of sp³-hybridized carbons (Fsp3) is 0.438. The molecule has 0 aromatic carbocycles. The number of hydrogen-bond acceptors (Lipinski definition) is 4. The predicted octanol–water partition coefficient (Wildman–Crippen LogP) is 1.59. The fourth-order valence-electron chi connectivity index (χ4n) is 2.94. The lowest BCUT2D eigenvalue weighted by atomic mass is 9.90. The zero-order valence-electron chi connectivity index (χ0n) is 13.7. The van der Waals surface area contributed by atoms with Crippen LogP contribution in [-0.2, 0) is 18.4 Å². The summed E-state index contributed by atoms with van der Waals surface area (Å²) in [5, 5.41) is 10.5. The van der Waals surface area contributed by atoms with Crippen LogP contribution >= 0.6 is 24.8 Å². The molecular weight excluding hydrogens is 349 g/mol. The molecule has 0 saturated carbocycles. The minimum atomic E-state index is -0.0618. The van der Waals surface area contributed by atoms with Gasteiger partial charge in [-0.25, -0.2) is 0 Å². The minimum absolute atomic E-state index is 0. The van der Waals surface area contributed by atoms with Crippen molar-refractivity contribution in [2.45, 2.75) is 19.4 Å². The molecule has 1 fully saturated rings. The van der Waals surface area contributed by atoms with E-state index in [1.54, 1.807) is 10.9 Å². The Balaban J connectivity index is 0.00000144. The molecule has 0 spiro atoms. The Morgan fingerprint density at radius 3 is 2.88 bits per heavy atom. The van der Waals surface area contributed by atoms with E-state index in [-0.39, 0.29) is 42.6 Å². The van der Waals surface area contributed by atoms with Gasteiger partial charge < -0.3 is 10.6 Å². The van der Waals surface area contributed by atoms with Crippen LogP contribution in [0.4, 0.5) is 0 Å². The molecule has 2 aromatic heterocycles. The number of pyridine rings is 1. The van der Waals surface area contributed by atoms with Crippen LogP contribution < -0.4 is 10.6 Å². The van der Waals surface area contributed by atoms with Crippen molar-refractivity contribution >= 4 is 30.7 Å². The number of halogens is 2. The lowest BCUT2D eigenvalue weighted by molar-refractivity contribution is -0.125. The molecule has 1 aliphatic heterocycles. The van der Waals surface area contributed by atoms with Gasteiger partial charge in [0.05, 0.1) is 24.4 Å². The second kappa shape index (κ2) is 9.01. The Hall–Kier alpha value is -1.63. The van der Waals surface area contributed by atoms with Gasteiger partial charge in [-0.2, -0.15) is 5.10 Å². The first-order valence-electron chi connectivity index (χ1n) is 7.52. The summed E-state index contributed by atoms with van der Waals surface area (Å²) < 4.78 is 1.78. The maximum Gasteiger partial charge on any atom is 0.225 e. The standard InChI is InChI=1S/C16H21N5O.2ClH/c1-11-4-3-5-18-15(11)9-19-16(22)14-8-17-7-13(14)12-6-20-21(2)10-12;;/h3-6,10,13-14,17H,7-9H2,1-2H3,(H,19,22);2*1H/t13-,14+;;/m1../s1. The number of rotatable bonds is 4. The smallest absolute Gasteiger partial charge is 0.225 e. The van der Waals surface area contributed by atoms with Gasteiger partial charge in [0.2, 0.25) is 5.91 Å². The minimum Gasteiger partial charge on any atom is -0.350 e. The molecular formula is C16H23Cl2N5O. The first kappa shape index (κ1) is 20.4. The summed E-state index contributed by atoms with van der Waals surface area (Å²) in [5.41, 5.74) is 3.12. The quantitative estimate of drug-likeness (QED) is 0.855. The van der Waals surface area contributed by atoms with E-state index >= 15 is 0 Å². The van der Waals surface area contributed by atoms with Gasteiger partial charge in [0.25, 0.3) is 0 Å². The van der Waals surface area contributed by atoms with Crippen molar-refractivity contribution in [1.29, 1.82) is 0 Å². The zero-order valence-corrected chi connectivity index (χ0v) is 15.4. The van der Waals surface area contributed by atoms with E-state index in [0.717, 1.165) is 23.4 Å². The highest BCUT2D eigenvalue weighted by Gasteiger charge is 2.34. The highest BCUT2D eigenvalue weighted by Crippen LogP contribution is 2.27. The largest absolute Gasteiger partial charge is 0.350 e. The van der Waals surface area contributed by atoms with Crippen LogP contribution in [-0.4, -0.2) is 33.8 Å². The van der Waals surface area contributed by atoms with Gasteiger partial charge in [-0.1, -0.05) is 6.07 Å². The number of nitrogens with one attached hydrogen (secondary N) is 2.